The number of hydrogen-bond acceptors (Lipinski definition) is 2. The summed E-state index contributed by atoms with van der Waals surface area (Å²) in [5, 5.41) is 8.33. The molecule has 0 radical (unpaired) electrons. The molecule has 0 fully saturated rings. The van der Waals surface area contributed by atoms with Crippen molar-refractivity contribution in [3.8, 4) is 0 Å². The summed E-state index contributed by atoms with van der Waals surface area (Å²) in [5.41, 5.74) is 6.15. The molecule has 0 amide bonds. The molecule has 8 heavy (non-hydrogen) atoms. The topological polar surface area (TPSA) is 53.3 Å². The van der Waals surface area contributed by atoms with E-state index in [-0.39, 0.29) is 0 Å². The van der Waals surface area contributed by atoms with Crippen molar-refractivity contribution < 1.29 is 9.84 Å². The molecule has 0 aliphatic heterocycles. The Labute approximate surface area is 49.4 Å². The first-order valence-electron chi connectivity index (χ1n) is 2.49. The standard InChI is InChI=1S/C5H12NO2/c1-5(2,3)8-4(6)7/h4,6-7H,1-3H3/q-1. The second kappa shape index (κ2) is 2.44. The van der Waals surface area contributed by atoms with Gasteiger partial charge >= 0.3 is 0 Å². The monoisotopic (exact) mass is 118 g/mol. The Kier molecular flexibility index (Phi) is 2.40. The van der Waals surface area contributed by atoms with E-state index in [1.807, 2.05) is 0 Å². The average Bonchev–Trinajstić information content (AvgIpc) is 1.21. The zero-order chi connectivity index (χ0) is 6.78. The summed E-state index contributed by atoms with van der Waals surface area (Å²) in [6.07, 6.45) is -1.41. The van der Waals surface area contributed by atoms with Crippen LogP contribution >= 0.6 is 0 Å². The van der Waals surface area contributed by atoms with Gasteiger partial charge in [0.2, 0.25) is 0 Å². The van der Waals surface area contributed by atoms with Crippen LogP contribution in [0.2, 0.25) is 0 Å². The number of aliphatic hydroxyl groups excluding tert-OH is 1. The zero-order valence-electron chi connectivity index (χ0n) is 5.43. The lowest BCUT2D eigenvalue weighted by Gasteiger charge is -2.25. The van der Waals surface area contributed by atoms with Gasteiger partial charge < -0.3 is 15.6 Å². The molecule has 0 aromatic carbocycles. The van der Waals surface area contributed by atoms with Crippen LogP contribution < -0.4 is 0 Å². The first-order chi connectivity index (χ1) is 3.42. The fraction of sp³-hybridized carbons (Fsp3) is 1.00. The van der Waals surface area contributed by atoms with Crippen molar-refractivity contribution in [1.82, 2.24) is 0 Å². The van der Waals surface area contributed by atoms with Crippen LogP contribution in [0.25, 0.3) is 5.73 Å². The van der Waals surface area contributed by atoms with Crippen molar-refractivity contribution in [2.45, 2.75) is 32.8 Å². The Morgan fingerprint density at radius 2 is 1.88 bits per heavy atom. The predicted molar refractivity (Wildman–Crippen MR) is 31.2 cm³/mol. The van der Waals surface area contributed by atoms with Crippen molar-refractivity contribution in [3.63, 3.8) is 0 Å². The molecule has 0 rings (SSSR count). The molecule has 0 heterocycles. The van der Waals surface area contributed by atoms with E-state index in [9.17, 15) is 0 Å². The number of hydrogen-bond donors (Lipinski definition) is 1. The molecule has 3 nitrogen and oxygen atoms in total. The van der Waals surface area contributed by atoms with Crippen LogP contribution in [0, 0.1) is 0 Å². The molecule has 1 unspecified atom stereocenters. The molecule has 3 heteroatoms. The molecule has 0 bridgehead atoms. The summed E-state index contributed by atoms with van der Waals surface area (Å²) < 4.78 is 4.66. The quantitative estimate of drug-likeness (QED) is 0.525. The largest absolute Gasteiger partial charge is 0.628 e. The lowest BCUT2D eigenvalue weighted by Crippen LogP contribution is -2.24. The molecule has 0 aromatic rings. The number of nitrogens with one attached hydrogen (secondary N) is 1. The van der Waals surface area contributed by atoms with Gasteiger partial charge in [0.25, 0.3) is 0 Å². The third-order valence-corrected chi connectivity index (χ3v) is 0.465. The van der Waals surface area contributed by atoms with Gasteiger partial charge in [0.15, 0.2) is 0 Å². The number of aliphatic hydroxyl groups is 1. The minimum Gasteiger partial charge on any atom is -0.628 e. The lowest BCUT2D eigenvalue weighted by atomic mass is 10.2. The summed E-state index contributed by atoms with van der Waals surface area (Å²) in [6.45, 7) is 5.35. The highest BCUT2D eigenvalue weighted by Gasteiger charge is 2.09. The van der Waals surface area contributed by atoms with Crippen molar-refractivity contribution in [2.75, 3.05) is 0 Å². The molecule has 0 spiro atoms. The fourth-order valence-electron chi connectivity index (χ4n) is 0.335. The molecule has 1 atom stereocenters. The van der Waals surface area contributed by atoms with Gasteiger partial charge in [-0.1, -0.05) is 0 Å². The molecule has 0 aromatic heterocycles. The maximum absolute atomic E-state index is 8.33. The number of rotatable bonds is 1. The molecular weight excluding hydrogens is 106 g/mol. The summed E-state index contributed by atoms with van der Waals surface area (Å²) in [7, 11) is 0. The summed E-state index contributed by atoms with van der Waals surface area (Å²) >= 11 is 0. The van der Waals surface area contributed by atoms with E-state index in [0.29, 0.717) is 0 Å². The summed E-state index contributed by atoms with van der Waals surface area (Å²) in [4.78, 5) is 0. The van der Waals surface area contributed by atoms with Gasteiger partial charge in [-0.3, -0.25) is 0 Å². The van der Waals surface area contributed by atoms with Crippen LogP contribution in [0.5, 0.6) is 0 Å². The van der Waals surface area contributed by atoms with Gasteiger partial charge in [-0.15, -0.1) is 0 Å². The first kappa shape index (κ1) is 7.88. The van der Waals surface area contributed by atoms with E-state index < -0.39 is 12.0 Å². The zero-order valence-corrected chi connectivity index (χ0v) is 5.43. The van der Waals surface area contributed by atoms with Gasteiger partial charge in [-0.05, 0) is 20.8 Å². The molecule has 0 saturated carbocycles. The average molecular weight is 118 g/mol. The molecular formula is C5H12NO2-. The van der Waals surface area contributed by atoms with Crippen molar-refractivity contribution in [1.29, 1.82) is 0 Å². The fourth-order valence-corrected chi connectivity index (χ4v) is 0.335. The van der Waals surface area contributed by atoms with Crippen molar-refractivity contribution in [2.24, 2.45) is 0 Å². The summed E-state index contributed by atoms with van der Waals surface area (Å²) in [6, 6.07) is 0. The molecule has 0 saturated heterocycles. The molecule has 50 valence electrons. The van der Waals surface area contributed by atoms with Crippen LogP contribution in [0.1, 0.15) is 20.8 Å². The highest BCUT2D eigenvalue weighted by Crippen LogP contribution is 2.08. The van der Waals surface area contributed by atoms with Crippen LogP contribution in [0.4, 0.5) is 0 Å². The van der Waals surface area contributed by atoms with Crippen LogP contribution in [-0.4, -0.2) is 17.1 Å². The van der Waals surface area contributed by atoms with E-state index >= 15 is 0 Å². The molecule has 0 aliphatic carbocycles. The van der Waals surface area contributed by atoms with Gasteiger partial charge in [-0.2, -0.15) is 0 Å². The van der Waals surface area contributed by atoms with E-state index in [4.69, 9.17) is 10.8 Å². The molecule has 0 aliphatic rings. The second-order valence-corrected chi connectivity index (χ2v) is 2.58. The normalized spacial score (nSPS) is 16.1. The Morgan fingerprint density at radius 1 is 1.50 bits per heavy atom. The van der Waals surface area contributed by atoms with Gasteiger partial charge in [0, 0.05) is 0 Å². The second-order valence-electron chi connectivity index (χ2n) is 2.58. The van der Waals surface area contributed by atoms with Crippen molar-refractivity contribution >= 4 is 0 Å². The van der Waals surface area contributed by atoms with Crippen LogP contribution in [0.3, 0.4) is 0 Å². The van der Waals surface area contributed by atoms with E-state index in [1.165, 1.54) is 0 Å². The van der Waals surface area contributed by atoms with Gasteiger partial charge in [-0.25, -0.2) is 0 Å². The maximum atomic E-state index is 8.33. The van der Waals surface area contributed by atoms with Crippen LogP contribution in [-0.2, 0) is 4.74 Å². The Morgan fingerprint density at radius 3 is 1.88 bits per heavy atom. The third kappa shape index (κ3) is 5.88. The van der Waals surface area contributed by atoms with E-state index in [2.05, 4.69) is 4.74 Å². The number of ether oxygens (including phenoxy) is 1. The Hall–Kier alpha value is -0.120. The third-order valence-electron chi connectivity index (χ3n) is 0.465. The first-order valence-corrected chi connectivity index (χ1v) is 2.49. The highest BCUT2D eigenvalue weighted by molar-refractivity contribution is 4.61. The van der Waals surface area contributed by atoms with E-state index in [1.54, 1.807) is 20.8 Å². The van der Waals surface area contributed by atoms with Gasteiger partial charge in [0.1, 0.15) is 0 Å². The maximum Gasteiger partial charge on any atom is 0.0673 e. The van der Waals surface area contributed by atoms with Crippen molar-refractivity contribution in [3.05, 3.63) is 5.73 Å². The van der Waals surface area contributed by atoms with Crippen LogP contribution in [0.15, 0.2) is 0 Å². The smallest absolute Gasteiger partial charge is 0.0673 e. The Balaban J connectivity index is 3.39. The lowest BCUT2D eigenvalue weighted by molar-refractivity contribution is -0.137. The molecule has 2 N–H and O–H groups in total. The minimum atomic E-state index is -1.41. The Bertz CT molecular complexity index is 65.3. The highest BCUT2D eigenvalue weighted by atomic mass is 16.6. The van der Waals surface area contributed by atoms with Gasteiger partial charge in [0.05, 0.1) is 12.0 Å². The van der Waals surface area contributed by atoms with E-state index in [0.717, 1.165) is 0 Å². The summed E-state index contributed by atoms with van der Waals surface area (Å²) in [5.74, 6) is 0. The SMILES string of the molecule is CC(C)(C)OC([NH-])O. The minimum absolute atomic E-state index is 0.416. The predicted octanol–water partition coefficient (Wildman–Crippen LogP) is 1.13.